The largest absolute Gasteiger partial charge is 0.375 e. The molecule has 0 saturated carbocycles. The molecule has 0 bridgehead atoms. The van der Waals surface area contributed by atoms with E-state index in [0.29, 0.717) is 12.8 Å². The van der Waals surface area contributed by atoms with Gasteiger partial charge in [-0.2, -0.15) is 0 Å². The van der Waals surface area contributed by atoms with Gasteiger partial charge in [-0.15, -0.1) is 0 Å². The Hall–Kier alpha value is -2.24. The third-order valence-electron chi connectivity index (χ3n) is 5.06. The van der Waals surface area contributed by atoms with Gasteiger partial charge in [-0.1, -0.05) is 42.5 Å². The van der Waals surface area contributed by atoms with Crippen molar-refractivity contribution in [1.29, 1.82) is 0 Å². The number of piperidine rings is 1. The summed E-state index contributed by atoms with van der Waals surface area (Å²) >= 11 is 0. The van der Waals surface area contributed by atoms with Gasteiger partial charge in [0.2, 0.25) is 0 Å². The normalized spacial score (nSPS) is 17.7. The van der Waals surface area contributed by atoms with Gasteiger partial charge in [0.25, 0.3) is 5.91 Å². The third kappa shape index (κ3) is 5.15. The van der Waals surface area contributed by atoms with Crippen LogP contribution in [0, 0.1) is 5.82 Å². The Morgan fingerprint density at radius 1 is 1.19 bits per heavy atom. The van der Waals surface area contributed by atoms with E-state index in [-0.39, 0.29) is 11.7 Å². The number of halogens is 1. The average Bonchev–Trinajstić information content (AvgIpc) is 2.73. The molecular formula is C22H27FN2O2. The van der Waals surface area contributed by atoms with Crippen LogP contribution in [0.5, 0.6) is 0 Å². The smallest absolute Gasteiger partial charge is 0.253 e. The predicted octanol–water partition coefficient (Wildman–Crippen LogP) is 3.51. The number of hydrogen-bond donors (Lipinski definition) is 0. The average molecular weight is 373 g/mol. The molecule has 0 spiro atoms. The van der Waals surface area contributed by atoms with E-state index in [9.17, 15) is 9.18 Å². The molecule has 1 saturated heterocycles. The molecule has 1 fully saturated rings. The minimum atomic E-state index is -2.67. The molecule has 1 aliphatic rings. The molecule has 1 amide bonds. The fraction of sp³-hybridized carbons (Fsp3) is 0.409. The fourth-order valence-corrected chi connectivity index (χ4v) is 3.65. The fourth-order valence-electron chi connectivity index (χ4n) is 3.65. The summed E-state index contributed by atoms with van der Waals surface area (Å²) in [5, 5.41) is 0. The first-order valence-electron chi connectivity index (χ1n) is 10.8. The van der Waals surface area contributed by atoms with Gasteiger partial charge in [-0.25, -0.2) is 4.39 Å². The molecule has 2 aromatic carbocycles. The van der Waals surface area contributed by atoms with Gasteiger partial charge in [-0.05, 0) is 37.0 Å². The molecule has 0 atom stereocenters. The summed E-state index contributed by atoms with van der Waals surface area (Å²) in [6.07, 6.45) is 2.32. The van der Waals surface area contributed by atoms with Gasteiger partial charge in [0.05, 0.1) is 9.80 Å². The molecule has 4 nitrogen and oxygen atoms in total. The Labute approximate surface area is 164 Å². The van der Waals surface area contributed by atoms with Crippen molar-refractivity contribution in [2.75, 3.05) is 38.2 Å². The number of para-hydroxylation sites is 1. The first-order chi connectivity index (χ1) is 14.3. The molecule has 1 aliphatic heterocycles. The van der Waals surface area contributed by atoms with Crippen LogP contribution in [0.25, 0.3) is 0 Å². The van der Waals surface area contributed by atoms with Gasteiger partial charge in [0, 0.05) is 32.7 Å². The minimum absolute atomic E-state index is 0.166. The second kappa shape index (κ2) is 9.62. The molecule has 27 heavy (non-hydrogen) atoms. The number of methoxy groups -OCH3 is 1. The number of ether oxygens (including phenoxy) is 1. The summed E-state index contributed by atoms with van der Waals surface area (Å²) in [6, 6.07) is 16.1. The van der Waals surface area contributed by atoms with E-state index in [1.165, 1.54) is 16.5 Å². The van der Waals surface area contributed by atoms with Crippen molar-refractivity contribution in [3.05, 3.63) is 66.0 Å². The number of nitrogens with zero attached hydrogens (tertiary/aromatic N) is 2. The van der Waals surface area contributed by atoms with E-state index in [0.717, 1.165) is 26.1 Å². The lowest BCUT2D eigenvalue weighted by atomic mass is 10.0. The molecule has 0 N–H and O–H groups in total. The molecule has 0 unspecified atom stereocenters. The van der Waals surface area contributed by atoms with Crippen LogP contribution in [0.3, 0.4) is 0 Å². The van der Waals surface area contributed by atoms with E-state index in [1.807, 2.05) is 18.2 Å². The predicted molar refractivity (Wildman–Crippen MR) is 105 cm³/mol. The van der Waals surface area contributed by atoms with Crippen molar-refractivity contribution in [2.24, 2.45) is 0 Å². The summed E-state index contributed by atoms with van der Waals surface area (Å²) in [5.74, 6) is -1.05. The van der Waals surface area contributed by atoms with E-state index in [2.05, 4.69) is 17.0 Å². The summed E-state index contributed by atoms with van der Waals surface area (Å²) < 4.78 is 40.6. The van der Waals surface area contributed by atoms with Crippen LogP contribution in [-0.4, -0.2) is 50.1 Å². The van der Waals surface area contributed by atoms with Crippen molar-refractivity contribution >= 4 is 11.6 Å². The topological polar surface area (TPSA) is 32.8 Å². The zero-order valence-electron chi connectivity index (χ0n) is 18.3. The number of likely N-dealkylation sites (tertiary alicyclic amines) is 1. The summed E-state index contributed by atoms with van der Waals surface area (Å²) in [6.45, 7) is 1.89. The monoisotopic (exact) mass is 373 g/mol. The maximum Gasteiger partial charge on any atom is 0.253 e. The Morgan fingerprint density at radius 2 is 1.89 bits per heavy atom. The van der Waals surface area contributed by atoms with Crippen LogP contribution in [0.1, 0.15) is 22.5 Å². The molecular weight excluding hydrogens is 343 g/mol. The van der Waals surface area contributed by atoms with Crippen molar-refractivity contribution in [3.63, 3.8) is 0 Å². The first kappa shape index (κ1) is 15.8. The van der Waals surface area contributed by atoms with Gasteiger partial charge in [-0.3, -0.25) is 4.79 Å². The van der Waals surface area contributed by atoms with Gasteiger partial charge < -0.3 is 14.5 Å². The molecule has 0 aliphatic carbocycles. The SMILES string of the molecule is [2H]C([2H])([2H])OCC(=O)N(c1ccccc1F)C1CCN(CCc2ccccc2)CC1. The van der Waals surface area contributed by atoms with Crippen molar-refractivity contribution in [2.45, 2.75) is 25.3 Å². The standard InChI is InChI=1S/C22H27FN2O2/c1-27-17-22(26)25(21-10-6-5-9-20(21)23)19-12-15-24(16-13-19)14-11-18-7-3-2-4-8-18/h2-10,19H,11-17H2,1H3/i1D3. The number of carbonyl (C=O) groups is 1. The highest BCUT2D eigenvalue weighted by Gasteiger charge is 2.30. The molecule has 1 heterocycles. The summed E-state index contributed by atoms with van der Waals surface area (Å²) in [4.78, 5) is 16.5. The van der Waals surface area contributed by atoms with Gasteiger partial charge >= 0.3 is 0 Å². The number of hydrogen-bond acceptors (Lipinski definition) is 3. The van der Waals surface area contributed by atoms with Crippen LogP contribution >= 0.6 is 0 Å². The van der Waals surface area contributed by atoms with Crippen molar-refractivity contribution < 1.29 is 18.0 Å². The molecule has 3 rings (SSSR count). The third-order valence-corrected chi connectivity index (χ3v) is 5.06. The lowest BCUT2D eigenvalue weighted by Gasteiger charge is -2.38. The lowest BCUT2D eigenvalue weighted by molar-refractivity contribution is -0.122. The van der Waals surface area contributed by atoms with Gasteiger partial charge in [0.1, 0.15) is 12.4 Å². The Bertz CT molecular complexity index is 825. The quantitative estimate of drug-likeness (QED) is 0.745. The first-order valence-corrected chi connectivity index (χ1v) is 9.30. The Balaban J connectivity index is 1.64. The maximum atomic E-state index is 14.5. The van der Waals surface area contributed by atoms with Crippen LogP contribution in [0.4, 0.5) is 10.1 Å². The number of benzene rings is 2. The van der Waals surface area contributed by atoms with Crippen molar-refractivity contribution in [1.82, 2.24) is 4.90 Å². The van der Waals surface area contributed by atoms with Gasteiger partial charge in [0.15, 0.2) is 0 Å². The minimum Gasteiger partial charge on any atom is -0.375 e. The highest BCUT2D eigenvalue weighted by Crippen LogP contribution is 2.26. The molecule has 5 heteroatoms. The number of amides is 1. The van der Waals surface area contributed by atoms with E-state index >= 15 is 0 Å². The highest BCUT2D eigenvalue weighted by atomic mass is 19.1. The molecule has 0 aromatic heterocycles. The van der Waals surface area contributed by atoms with E-state index in [4.69, 9.17) is 8.85 Å². The zero-order valence-corrected chi connectivity index (χ0v) is 15.3. The second-order valence-corrected chi connectivity index (χ2v) is 6.81. The zero-order chi connectivity index (χ0) is 21.6. The number of anilines is 1. The Kier molecular flexibility index (Phi) is 5.63. The van der Waals surface area contributed by atoms with E-state index in [1.54, 1.807) is 18.2 Å². The molecule has 144 valence electrons. The van der Waals surface area contributed by atoms with Crippen LogP contribution in [-0.2, 0) is 16.0 Å². The van der Waals surface area contributed by atoms with Crippen molar-refractivity contribution in [3.8, 4) is 0 Å². The van der Waals surface area contributed by atoms with Crippen LogP contribution in [0.15, 0.2) is 54.6 Å². The molecule has 0 radical (unpaired) electrons. The maximum absolute atomic E-state index is 14.5. The number of rotatable bonds is 7. The van der Waals surface area contributed by atoms with E-state index < -0.39 is 25.4 Å². The van der Waals surface area contributed by atoms with Crippen LogP contribution < -0.4 is 4.90 Å². The number of carbonyl (C=O) groups excluding carboxylic acids is 1. The summed E-state index contributed by atoms with van der Waals surface area (Å²) in [5.41, 5.74) is 1.45. The summed E-state index contributed by atoms with van der Waals surface area (Å²) in [7, 11) is -2.67. The second-order valence-electron chi connectivity index (χ2n) is 6.81. The highest BCUT2D eigenvalue weighted by molar-refractivity contribution is 5.95. The van der Waals surface area contributed by atoms with Crippen LogP contribution in [0.2, 0.25) is 0 Å². The molecule has 2 aromatic rings. The lowest BCUT2D eigenvalue weighted by Crippen LogP contribution is -2.49. The Morgan fingerprint density at radius 3 is 2.59 bits per heavy atom.